The number of aliphatic imine (C=N–C) groups is 1. The Balaban J connectivity index is 1.35. The number of hydrazone groups is 1. The molecule has 0 fully saturated rings. The van der Waals surface area contributed by atoms with Gasteiger partial charge in [0, 0.05) is 18.5 Å². The molecule has 0 saturated heterocycles. The number of thioether (sulfide) groups is 1. The van der Waals surface area contributed by atoms with Crippen molar-refractivity contribution in [3.8, 4) is 0 Å². The van der Waals surface area contributed by atoms with Gasteiger partial charge in [-0.1, -0.05) is 90.1 Å². The lowest BCUT2D eigenvalue weighted by Crippen LogP contribution is -2.25. The van der Waals surface area contributed by atoms with Gasteiger partial charge in [-0.3, -0.25) is 9.59 Å². The van der Waals surface area contributed by atoms with Gasteiger partial charge in [-0.05, 0) is 30.2 Å². The van der Waals surface area contributed by atoms with Crippen LogP contribution >= 0.6 is 11.8 Å². The Hall–Kier alpha value is -3.71. The summed E-state index contributed by atoms with van der Waals surface area (Å²) in [6, 6.07) is 27.6. The average molecular weight is 469 g/mol. The van der Waals surface area contributed by atoms with E-state index in [9.17, 15) is 9.59 Å². The molecule has 2 aliphatic heterocycles. The summed E-state index contributed by atoms with van der Waals surface area (Å²) in [6.45, 7) is 2.06. The van der Waals surface area contributed by atoms with Crippen LogP contribution in [0.3, 0.4) is 0 Å². The summed E-state index contributed by atoms with van der Waals surface area (Å²) < 4.78 is 0. The quantitative estimate of drug-likeness (QED) is 0.560. The first-order valence-electron chi connectivity index (χ1n) is 11.2. The Morgan fingerprint density at radius 3 is 2.38 bits per heavy atom. The van der Waals surface area contributed by atoms with E-state index < -0.39 is 5.25 Å². The Morgan fingerprint density at radius 2 is 1.68 bits per heavy atom. The lowest BCUT2D eigenvalue weighted by molar-refractivity contribution is -0.121. The summed E-state index contributed by atoms with van der Waals surface area (Å²) in [4.78, 5) is 29.5. The molecule has 2 aliphatic rings. The number of hydrogen-bond acceptors (Lipinski definition) is 5. The predicted octanol–water partition coefficient (Wildman–Crippen LogP) is 5.17. The molecule has 3 aromatic carbocycles. The largest absolute Gasteiger partial charge is 0.326 e. The fourth-order valence-corrected chi connectivity index (χ4v) is 5.11. The van der Waals surface area contributed by atoms with Crippen molar-refractivity contribution in [3.05, 3.63) is 102 Å². The van der Waals surface area contributed by atoms with Crippen LogP contribution in [0.4, 0.5) is 5.69 Å². The first kappa shape index (κ1) is 22.1. The first-order valence-corrected chi connectivity index (χ1v) is 12.1. The molecule has 3 aromatic rings. The third-order valence-corrected chi connectivity index (χ3v) is 6.97. The molecule has 2 amide bonds. The van der Waals surface area contributed by atoms with Crippen molar-refractivity contribution in [1.82, 2.24) is 5.01 Å². The molecule has 7 heteroatoms. The molecule has 6 nitrogen and oxygen atoms in total. The van der Waals surface area contributed by atoms with Crippen molar-refractivity contribution in [1.29, 1.82) is 0 Å². The van der Waals surface area contributed by atoms with E-state index in [1.165, 1.54) is 17.3 Å². The van der Waals surface area contributed by atoms with Crippen LogP contribution < -0.4 is 5.32 Å². The molecule has 0 spiro atoms. The van der Waals surface area contributed by atoms with Crippen molar-refractivity contribution >= 4 is 40.1 Å². The molecule has 0 saturated carbocycles. The smallest absolute Gasteiger partial charge is 0.262 e. The molecule has 5 rings (SSSR count). The fraction of sp³-hybridized carbons (Fsp3) is 0.185. The number of amidine groups is 1. The number of anilines is 1. The molecule has 1 N–H and O–H groups in total. The van der Waals surface area contributed by atoms with Crippen LogP contribution in [0, 0.1) is 6.92 Å². The summed E-state index contributed by atoms with van der Waals surface area (Å²) >= 11 is 1.31. The SMILES string of the molecule is Cc1ccc(C2=NN(C3=NC(=O)[C@@H](CC(=O)Nc4ccccc4)S3)[C@H](c3ccccc3)C2)cc1. The van der Waals surface area contributed by atoms with Gasteiger partial charge in [0.15, 0.2) is 5.17 Å². The van der Waals surface area contributed by atoms with Gasteiger partial charge in [0.25, 0.3) is 5.91 Å². The summed E-state index contributed by atoms with van der Waals surface area (Å²) in [5.74, 6) is -0.507. The molecule has 2 atom stereocenters. The maximum Gasteiger partial charge on any atom is 0.262 e. The molecule has 34 heavy (non-hydrogen) atoms. The van der Waals surface area contributed by atoms with E-state index in [0.29, 0.717) is 17.3 Å². The van der Waals surface area contributed by atoms with Crippen molar-refractivity contribution in [2.75, 3.05) is 5.32 Å². The lowest BCUT2D eigenvalue weighted by atomic mass is 9.98. The molecular formula is C27H24N4O2S. The second-order valence-corrected chi connectivity index (χ2v) is 9.52. The number of aryl methyl sites for hydroxylation is 1. The third-order valence-electron chi connectivity index (χ3n) is 5.83. The molecule has 0 aromatic heterocycles. The zero-order valence-electron chi connectivity index (χ0n) is 18.7. The number of carbonyl (C=O) groups excluding carboxylic acids is 2. The molecular weight excluding hydrogens is 444 g/mol. The Bertz CT molecular complexity index is 1260. The minimum Gasteiger partial charge on any atom is -0.326 e. The zero-order chi connectivity index (χ0) is 23.5. The molecule has 170 valence electrons. The van der Waals surface area contributed by atoms with Gasteiger partial charge in [-0.15, -0.1) is 0 Å². The van der Waals surface area contributed by atoms with Gasteiger partial charge in [0.05, 0.1) is 11.8 Å². The van der Waals surface area contributed by atoms with Gasteiger partial charge in [-0.2, -0.15) is 10.1 Å². The molecule has 0 bridgehead atoms. The number of para-hydroxylation sites is 1. The number of amides is 2. The van der Waals surface area contributed by atoms with Crippen molar-refractivity contribution < 1.29 is 9.59 Å². The number of carbonyl (C=O) groups is 2. The average Bonchev–Trinajstić information content (AvgIpc) is 3.45. The zero-order valence-corrected chi connectivity index (χ0v) is 19.5. The van der Waals surface area contributed by atoms with E-state index in [1.807, 2.05) is 53.5 Å². The summed E-state index contributed by atoms with van der Waals surface area (Å²) in [7, 11) is 0. The van der Waals surface area contributed by atoms with Gasteiger partial charge in [-0.25, -0.2) is 5.01 Å². The Kier molecular flexibility index (Phi) is 6.27. The second kappa shape index (κ2) is 9.65. The second-order valence-electron chi connectivity index (χ2n) is 8.35. The Labute approximate surface area is 202 Å². The van der Waals surface area contributed by atoms with Gasteiger partial charge >= 0.3 is 0 Å². The lowest BCUT2D eigenvalue weighted by Gasteiger charge is -2.23. The highest BCUT2D eigenvalue weighted by Gasteiger charge is 2.39. The standard InChI is InChI=1S/C27H24N4O2S/c1-18-12-14-19(15-13-18)22-16-23(20-8-4-2-5-9-20)31(30-22)27-29-26(33)24(34-27)17-25(32)28-21-10-6-3-7-11-21/h2-15,23-24H,16-17H2,1H3,(H,28,32)/t23-,24+/m0/s1. The third kappa shape index (κ3) is 4.79. The van der Waals surface area contributed by atoms with Crippen LogP contribution in [0.2, 0.25) is 0 Å². The molecule has 0 aliphatic carbocycles. The van der Waals surface area contributed by atoms with Gasteiger partial charge in [0.2, 0.25) is 5.91 Å². The van der Waals surface area contributed by atoms with E-state index in [-0.39, 0.29) is 24.3 Å². The number of benzene rings is 3. The van der Waals surface area contributed by atoms with Crippen molar-refractivity contribution in [2.24, 2.45) is 10.1 Å². The maximum atomic E-state index is 12.7. The number of rotatable bonds is 5. The topological polar surface area (TPSA) is 74.1 Å². The normalized spacial score (nSPS) is 19.7. The highest BCUT2D eigenvalue weighted by molar-refractivity contribution is 8.15. The van der Waals surface area contributed by atoms with Crippen molar-refractivity contribution in [2.45, 2.75) is 31.1 Å². The van der Waals surface area contributed by atoms with Crippen LogP contribution in [-0.2, 0) is 9.59 Å². The predicted molar refractivity (Wildman–Crippen MR) is 137 cm³/mol. The van der Waals surface area contributed by atoms with E-state index in [4.69, 9.17) is 5.10 Å². The van der Waals surface area contributed by atoms with Gasteiger partial charge < -0.3 is 5.32 Å². The number of nitrogens with zero attached hydrogens (tertiary/aromatic N) is 3. The fourth-order valence-electron chi connectivity index (χ4n) is 4.05. The summed E-state index contributed by atoms with van der Waals surface area (Å²) in [6.07, 6.45) is 0.768. The van der Waals surface area contributed by atoms with Gasteiger partial charge in [0.1, 0.15) is 5.25 Å². The maximum absolute atomic E-state index is 12.7. The van der Waals surface area contributed by atoms with Crippen molar-refractivity contribution in [3.63, 3.8) is 0 Å². The monoisotopic (exact) mass is 468 g/mol. The highest BCUT2D eigenvalue weighted by atomic mass is 32.2. The number of nitrogens with one attached hydrogen (secondary N) is 1. The first-order chi connectivity index (χ1) is 16.6. The van der Waals surface area contributed by atoms with Crippen LogP contribution in [-0.4, -0.2) is 33.0 Å². The highest BCUT2D eigenvalue weighted by Crippen LogP contribution is 2.38. The number of hydrogen-bond donors (Lipinski definition) is 1. The summed E-state index contributed by atoms with van der Waals surface area (Å²) in [5.41, 5.74) is 5.02. The summed E-state index contributed by atoms with van der Waals surface area (Å²) in [5, 5.41) is 9.56. The molecule has 0 radical (unpaired) electrons. The van der Waals surface area contributed by atoms with E-state index in [0.717, 1.165) is 16.8 Å². The van der Waals surface area contributed by atoms with Crippen LogP contribution in [0.5, 0.6) is 0 Å². The van der Waals surface area contributed by atoms with Crippen LogP contribution in [0.1, 0.15) is 35.6 Å². The van der Waals surface area contributed by atoms with Crippen LogP contribution in [0.25, 0.3) is 0 Å². The van der Waals surface area contributed by atoms with Crippen LogP contribution in [0.15, 0.2) is 95.0 Å². The molecule has 0 unspecified atom stereocenters. The minimum atomic E-state index is -0.561. The minimum absolute atomic E-state index is 0.0593. The van der Waals surface area contributed by atoms with E-state index >= 15 is 0 Å². The molecule has 2 heterocycles. The van der Waals surface area contributed by atoms with E-state index in [1.54, 1.807) is 0 Å². The Morgan fingerprint density at radius 1 is 1.00 bits per heavy atom. The van der Waals surface area contributed by atoms with E-state index in [2.05, 4.69) is 53.6 Å².